The fourth-order valence-corrected chi connectivity index (χ4v) is 10.5. The van der Waals surface area contributed by atoms with Gasteiger partial charge < -0.3 is 80.3 Å². The molecule has 0 aromatic rings. The van der Waals surface area contributed by atoms with Crippen LogP contribution in [0.3, 0.4) is 0 Å². The second-order valence-corrected chi connectivity index (χ2v) is 21.6. The smallest absolute Gasteiger partial charge is 0.220 e. The molecule has 74 heavy (non-hydrogen) atoms. The Bertz CT molecular complexity index is 1390. The van der Waals surface area contributed by atoms with Gasteiger partial charge in [0.1, 0.15) is 54.9 Å². The second kappa shape index (κ2) is 41.4. The molecule has 11 N–H and O–H groups in total. The van der Waals surface area contributed by atoms with Crippen molar-refractivity contribution in [1.82, 2.24) is 10.6 Å². The van der Waals surface area contributed by atoms with E-state index in [1.165, 1.54) is 148 Å². The zero-order chi connectivity index (χ0) is 53.2. The zero-order valence-electron chi connectivity index (χ0n) is 46.3. The van der Waals surface area contributed by atoms with Crippen LogP contribution in [0.4, 0.5) is 0 Å². The van der Waals surface area contributed by atoms with Gasteiger partial charge in [-0.05, 0) is 19.8 Å². The van der Waals surface area contributed by atoms with Crippen LogP contribution in [0.25, 0.3) is 0 Å². The summed E-state index contributed by atoms with van der Waals surface area (Å²) in [5.41, 5.74) is 0. The first-order valence-electron chi connectivity index (χ1n) is 29.4. The minimum atomic E-state index is -1.83. The number of carbonyl (C=O) groups is 2. The van der Waals surface area contributed by atoms with E-state index in [9.17, 15) is 45.3 Å². The normalized spacial score (nSPS) is 29.7. The third kappa shape index (κ3) is 26.8. The van der Waals surface area contributed by atoms with Crippen molar-refractivity contribution in [2.24, 2.45) is 0 Å². The molecule has 0 saturated carbocycles. The average Bonchev–Trinajstić information content (AvgIpc) is 3.36. The summed E-state index contributed by atoms with van der Waals surface area (Å²) < 4.78 is 36.8. The third-order valence-corrected chi connectivity index (χ3v) is 15.0. The molecule has 0 bridgehead atoms. The van der Waals surface area contributed by atoms with E-state index >= 15 is 0 Å². The Morgan fingerprint density at radius 3 is 1.45 bits per heavy atom. The first-order valence-corrected chi connectivity index (χ1v) is 29.4. The van der Waals surface area contributed by atoms with Crippen LogP contribution in [0.15, 0.2) is 0 Å². The number of hydrogen-bond acceptors (Lipinski definition) is 15. The number of hydrogen-bond donors (Lipinski definition) is 9. The number of aliphatic hydroxyl groups is 7. The van der Waals surface area contributed by atoms with Crippen molar-refractivity contribution in [3.8, 4) is 0 Å². The highest BCUT2D eigenvalue weighted by Gasteiger charge is 2.54. The fraction of sp³-hybridized carbons (Fsp3) is 0.964. The van der Waals surface area contributed by atoms with E-state index in [1.807, 2.05) is 0 Å². The van der Waals surface area contributed by atoms with E-state index in [-0.39, 0.29) is 24.4 Å². The third-order valence-electron chi connectivity index (χ3n) is 15.0. The lowest BCUT2D eigenvalue weighted by molar-refractivity contribution is -0.369. The van der Waals surface area contributed by atoms with Gasteiger partial charge in [0.05, 0.1) is 38.1 Å². The monoisotopic (exact) mass is 1060 g/mol. The van der Waals surface area contributed by atoms with E-state index in [0.717, 1.165) is 44.9 Å². The van der Waals surface area contributed by atoms with Gasteiger partial charge in [0, 0.05) is 19.8 Å². The first-order chi connectivity index (χ1) is 35.3. The van der Waals surface area contributed by atoms with Crippen LogP contribution in [0, 0.1) is 0 Å². The summed E-state index contributed by atoms with van der Waals surface area (Å²) in [6.07, 6.45) is 18.6. The molecular formula is C56H108N2O16. The van der Waals surface area contributed by atoms with Gasteiger partial charge in [-0.1, -0.05) is 194 Å². The number of aliphatic hydroxyl groups excluding tert-OH is 7. The van der Waals surface area contributed by atoms with Gasteiger partial charge >= 0.3 is 0 Å². The average molecular weight is 1070 g/mol. The highest BCUT2D eigenvalue weighted by Crippen LogP contribution is 2.34. The van der Waals surface area contributed by atoms with Gasteiger partial charge in [0.25, 0.3) is 0 Å². The number of carbonyl (C=O) groups excluding carboxylic acids is 2. The van der Waals surface area contributed by atoms with Crippen molar-refractivity contribution in [1.29, 1.82) is 0 Å². The minimum Gasteiger partial charge on any atom is -0.412 e. The van der Waals surface area contributed by atoms with Crippen LogP contribution in [0.5, 0.6) is 0 Å². The maximum absolute atomic E-state index is 13.5. The van der Waals surface area contributed by atoms with Gasteiger partial charge in [-0.25, -0.2) is 0 Å². The highest BCUT2D eigenvalue weighted by atomic mass is 16.8. The molecule has 3 heterocycles. The Morgan fingerprint density at radius 2 is 0.973 bits per heavy atom. The molecule has 438 valence electrons. The summed E-state index contributed by atoms with van der Waals surface area (Å²) in [7, 11) is 0. The van der Waals surface area contributed by atoms with Crippen LogP contribution < -0.4 is 10.6 Å². The molecular weight excluding hydrogens is 957 g/mol. The zero-order valence-corrected chi connectivity index (χ0v) is 46.3. The Kier molecular flexibility index (Phi) is 38.3. The van der Waals surface area contributed by atoms with E-state index in [1.54, 1.807) is 6.92 Å². The maximum atomic E-state index is 13.5. The largest absolute Gasteiger partial charge is 0.412 e. The molecule has 3 rings (SSSR count). The molecule has 0 aromatic heterocycles. The van der Waals surface area contributed by atoms with E-state index in [4.69, 9.17) is 28.4 Å². The Hall–Kier alpha value is -1.62. The summed E-state index contributed by atoms with van der Waals surface area (Å²) in [5, 5.41) is 80.3. The number of unbranched alkanes of at least 4 members (excludes halogenated alkanes) is 27. The molecule has 0 radical (unpaired) electrons. The summed E-state index contributed by atoms with van der Waals surface area (Å²) >= 11 is 0. The van der Waals surface area contributed by atoms with Crippen molar-refractivity contribution in [3.63, 3.8) is 0 Å². The summed E-state index contributed by atoms with van der Waals surface area (Å²) in [5.74, 6) is -0.607. The van der Waals surface area contributed by atoms with Crippen molar-refractivity contribution >= 4 is 11.8 Å². The Morgan fingerprint density at radius 1 is 0.541 bits per heavy atom. The lowest BCUT2D eigenvalue weighted by Crippen LogP contribution is -2.69. The Labute approximate surface area is 445 Å². The lowest BCUT2D eigenvalue weighted by Gasteiger charge is -2.50. The van der Waals surface area contributed by atoms with Crippen molar-refractivity contribution in [2.45, 2.75) is 325 Å². The summed E-state index contributed by atoms with van der Waals surface area (Å²) in [6.45, 7) is 5.97. The van der Waals surface area contributed by atoms with E-state index in [2.05, 4.69) is 24.5 Å². The molecule has 2 amide bonds. The molecule has 3 aliphatic rings. The van der Waals surface area contributed by atoms with Crippen LogP contribution in [0.1, 0.15) is 233 Å². The first kappa shape index (κ1) is 68.5. The van der Waals surface area contributed by atoms with Crippen LogP contribution in [-0.4, -0.2) is 165 Å². The second-order valence-electron chi connectivity index (χ2n) is 21.6. The molecule has 0 spiro atoms. The van der Waals surface area contributed by atoms with Crippen molar-refractivity contribution in [2.75, 3.05) is 19.8 Å². The molecule has 18 heteroatoms. The molecule has 3 fully saturated rings. The molecule has 0 aromatic carbocycles. The summed E-state index contributed by atoms with van der Waals surface area (Å²) in [6, 6.07) is -1.65. The van der Waals surface area contributed by atoms with Gasteiger partial charge in [-0.2, -0.15) is 0 Å². The van der Waals surface area contributed by atoms with Crippen LogP contribution in [-0.2, 0) is 38.0 Å². The molecule has 15 atom stereocenters. The number of amides is 2. The molecule has 3 aliphatic heterocycles. The van der Waals surface area contributed by atoms with E-state index < -0.39 is 111 Å². The Balaban J connectivity index is 0.0000187. The quantitative estimate of drug-likeness (QED) is 0.0297. The topological polar surface area (TPSA) is 287 Å². The number of ether oxygens (including phenoxy) is 6. The van der Waals surface area contributed by atoms with Crippen molar-refractivity contribution in [3.05, 3.63) is 0 Å². The lowest BCUT2D eigenvalue weighted by atomic mass is 9.94. The van der Waals surface area contributed by atoms with Crippen LogP contribution in [0.2, 0.25) is 0 Å². The predicted octanol–water partition coefficient (Wildman–Crippen LogP) is 6.44. The van der Waals surface area contributed by atoms with Gasteiger partial charge in [0.15, 0.2) is 18.9 Å². The molecule has 7 unspecified atom stereocenters. The molecule has 0 aliphatic carbocycles. The summed E-state index contributed by atoms with van der Waals surface area (Å²) in [4.78, 5) is 26.4. The maximum Gasteiger partial charge on any atom is 0.220 e. The van der Waals surface area contributed by atoms with Crippen molar-refractivity contribution < 1.29 is 79.2 Å². The highest BCUT2D eigenvalue weighted by molar-refractivity contribution is 5.76. The van der Waals surface area contributed by atoms with Crippen LogP contribution >= 0.6 is 0 Å². The SMILES string of the molecule is CCCCCCCCCCCCCCCCCCCCCCCC(=O)NC(CCCCCCCCCC)CO[C@@H]1OC(CO)[C@@H](O[C@@H]2OC(CO)[C@H](O)[C@H](O)C2O)[C@H](O[C@@H]2OC(C)C[C@H](O)C2O)C1NC(C)=O.O. The predicted molar refractivity (Wildman–Crippen MR) is 284 cm³/mol. The number of rotatable bonds is 42. The fourth-order valence-electron chi connectivity index (χ4n) is 10.5. The van der Waals surface area contributed by atoms with E-state index in [0.29, 0.717) is 12.8 Å². The molecule has 3 saturated heterocycles. The van der Waals surface area contributed by atoms with Gasteiger partial charge in [-0.15, -0.1) is 0 Å². The minimum absolute atomic E-state index is 0. The number of nitrogens with one attached hydrogen (secondary N) is 2. The van der Waals surface area contributed by atoms with Gasteiger partial charge in [0.2, 0.25) is 11.8 Å². The standard InChI is InChI=1S/C56H106N2O15.H2O/c1-5-7-9-11-13-15-16-17-18-19-20-21-22-23-24-25-26-27-29-31-33-35-46(63)58-42(34-32-30-28-14-12-10-8-6-2)39-68-54-47(57-41(4)61)53(73-55-48(64)43(62)36-40(3)69-55)52(45(38-60)71-54)72-56-51(67)50(66)49(65)44(37-59)70-56;/h40,42-45,47-56,59-60,62,64-67H,5-39H2,1-4H3,(H,57,61)(H,58,63);1H2/t40?,42?,43-,44?,45?,47?,48?,49-,50-,51?,52+,53+,54+,55-,56-;/m0./s1. The molecule has 18 nitrogen and oxygen atoms in total. The van der Waals surface area contributed by atoms with Gasteiger partial charge in [-0.3, -0.25) is 9.59 Å².